The highest BCUT2D eigenvalue weighted by Gasteiger charge is 2.34. The summed E-state index contributed by atoms with van der Waals surface area (Å²) in [5.74, 6) is 0.0833. The first-order chi connectivity index (χ1) is 11.4. The molecule has 24 heavy (non-hydrogen) atoms. The predicted molar refractivity (Wildman–Crippen MR) is 85.6 cm³/mol. The van der Waals surface area contributed by atoms with Crippen LogP contribution in [-0.4, -0.2) is 20.1 Å². The van der Waals surface area contributed by atoms with Gasteiger partial charge in [-0.2, -0.15) is 13.2 Å². The molecule has 1 N–H and O–H groups in total. The largest absolute Gasteiger partial charge is 0.497 e. The van der Waals surface area contributed by atoms with Gasteiger partial charge in [0.15, 0.2) is 0 Å². The Kier molecular flexibility index (Phi) is 5.28. The molecule has 1 amide bonds. The molecular formula is C18H16F3NO2. The molecule has 6 heteroatoms. The van der Waals surface area contributed by atoms with E-state index in [1.54, 1.807) is 24.3 Å². The first-order valence-corrected chi connectivity index (χ1v) is 7.11. The maximum Gasteiger partial charge on any atom is 0.417 e. The van der Waals surface area contributed by atoms with E-state index in [0.717, 1.165) is 12.1 Å². The average Bonchev–Trinajstić information content (AvgIpc) is 2.59. The van der Waals surface area contributed by atoms with Gasteiger partial charge in [0.1, 0.15) is 5.75 Å². The van der Waals surface area contributed by atoms with Crippen LogP contribution in [0.15, 0.2) is 54.6 Å². The lowest BCUT2D eigenvalue weighted by Gasteiger charge is -2.16. The van der Waals surface area contributed by atoms with E-state index in [9.17, 15) is 18.0 Å². The Balaban J connectivity index is 2.64. The van der Waals surface area contributed by atoms with Crippen molar-refractivity contribution in [3.63, 3.8) is 0 Å². The van der Waals surface area contributed by atoms with Gasteiger partial charge < -0.3 is 10.1 Å². The van der Waals surface area contributed by atoms with Gasteiger partial charge in [0.05, 0.1) is 12.7 Å². The van der Waals surface area contributed by atoms with E-state index in [1.165, 1.54) is 32.4 Å². The Labute approximate surface area is 137 Å². The van der Waals surface area contributed by atoms with Crippen LogP contribution in [0.4, 0.5) is 13.2 Å². The molecule has 0 fully saturated rings. The smallest absolute Gasteiger partial charge is 0.417 e. The zero-order valence-electron chi connectivity index (χ0n) is 13.1. The van der Waals surface area contributed by atoms with Crippen molar-refractivity contribution in [1.29, 1.82) is 0 Å². The molecule has 0 saturated heterocycles. The number of nitrogens with one attached hydrogen (secondary N) is 1. The Bertz CT molecular complexity index is 750. The van der Waals surface area contributed by atoms with Crippen LogP contribution in [-0.2, 0) is 11.0 Å². The van der Waals surface area contributed by atoms with E-state index in [1.807, 2.05) is 0 Å². The molecule has 2 rings (SSSR count). The lowest BCUT2D eigenvalue weighted by molar-refractivity contribution is -0.137. The fourth-order valence-corrected chi connectivity index (χ4v) is 2.26. The molecule has 0 atom stereocenters. The number of amides is 1. The van der Waals surface area contributed by atoms with E-state index in [0.29, 0.717) is 11.3 Å². The summed E-state index contributed by atoms with van der Waals surface area (Å²) in [7, 11) is 2.91. The average molecular weight is 335 g/mol. The molecule has 126 valence electrons. The molecule has 0 saturated carbocycles. The summed E-state index contributed by atoms with van der Waals surface area (Å²) in [5, 5.41) is 2.39. The number of likely N-dealkylation sites (N-methyl/N-ethyl adjacent to an activating group) is 1. The number of carbonyl (C=O) groups excluding carboxylic acids is 1. The highest BCUT2D eigenvalue weighted by molar-refractivity contribution is 5.99. The van der Waals surface area contributed by atoms with Gasteiger partial charge in [-0.05, 0) is 34.9 Å². The normalized spacial score (nSPS) is 12.0. The van der Waals surface area contributed by atoms with Gasteiger partial charge in [0.25, 0.3) is 0 Å². The molecule has 2 aromatic carbocycles. The number of alkyl halides is 3. The van der Waals surface area contributed by atoms with Crippen LogP contribution in [0.5, 0.6) is 5.75 Å². The van der Waals surface area contributed by atoms with E-state index in [2.05, 4.69) is 5.32 Å². The van der Waals surface area contributed by atoms with Gasteiger partial charge >= 0.3 is 6.18 Å². The number of ether oxygens (including phenoxy) is 1. The van der Waals surface area contributed by atoms with Gasteiger partial charge in [-0.25, -0.2) is 0 Å². The number of hydrogen-bond acceptors (Lipinski definition) is 2. The fraction of sp³-hybridized carbons (Fsp3) is 0.167. The van der Waals surface area contributed by atoms with E-state index >= 15 is 0 Å². The Morgan fingerprint density at radius 1 is 1.08 bits per heavy atom. The van der Waals surface area contributed by atoms with Crippen molar-refractivity contribution in [2.24, 2.45) is 0 Å². The quantitative estimate of drug-likeness (QED) is 0.861. The monoisotopic (exact) mass is 335 g/mol. The van der Waals surface area contributed by atoms with Crippen molar-refractivity contribution in [3.05, 3.63) is 71.3 Å². The number of methoxy groups -OCH3 is 1. The molecule has 0 unspecified atom stereocenters. The minimum atomic E-state index is -4.52. The maximum atomic E-state index is 13.3. The molecule has 0 radical (unpaired) electrons. The number of hydrogen-bond donors (Lipinski definition) is 1. The van der Waals surface area contributed by atoms with Gasteiger partial charge in [0, 0.05) is 13.1 Å². The van der Waals surface area contributed by atoms with Crippen molar-refractivity contribution in [2.45, 2.75) is 6.18 Å². The van der Waals surface area contributed by atoms with Crippen molar-refractivity contribution >= 4 is 11.5 Å². The minimum absolute atomic E-state index is 0.0567. The number of benzene rings is 2. The first-order valence-electron chi connectivity index (χ1n) is 7.11. The van der Waals surface area contributed by atoms with Gasteiger partial charge in [-0.1, -0.05) is 30.3 Å². The SMILES string of the molecule is CNC(=O)/C=C(\c1ccc(OC)cc1)c1ccccc1C(F)(F)F. The summed E-state index contributed by atoms with van der Waals surface area (Å²) >= 11 is 0. The van der Waals surface area contributed by atoms with E-state index in [4.69, 9.17) is 4.74 Å². The highest BCUT2D eigenvalue weighted by Crippen LogP contribution is 2.37. The standard InChI is InChI=1S/C18H16F3NO2/c1-22-17(23)11-15(12-7-9-13(24-2)10-8-12)14-5-3-4-6-16(14)18(19,20)21/h3-11H,1-2H3,(H,22,23)/b15-11+. The summed E-state index contributed by atoms with van der Waals surface area (Å²) in [4.78, 5) is 11.8. The molecule has 0 bridgehead atoms. The second-order valence-corrected chi connectivity index (χ2v) is 4.94. The Morgan fingerprint density at radius 2 is 1.71 bits per heavy atom. The minimum Gasteiger partial charge on any atom is -0.497 e. The Hall–Kier alpha value is -2.76. The van der Waals surface area contributed by atoms with Crippen molar-refractivity contribution in [2.75, 3.05) is 14.2 Å². The molecule has 3 nitrogen and oxygen atoms in total. The summed E-state index contributed by atoms with van der Waals surface area (Å²) in [6.07, 6.45) is -3.36. The molecule has 0 aliphatic heterocycles. The third-order valence-corrected chi connectivity index (χ3v) is 3.45. The number of halogens is 3. The lowest BCUT2D eigenvalue weighted by Crippen LogP contribution is -2.16. The second kappa shape index (κ2) is 7.21. The summed E-state index contributed by atoms with van der Waals surface area (Å²) in [6.45, 7) is 0. The van der Waals surface area contributed by atoms with Crippen LogP contribution in [0.25, 0.3) is 5.57 Å². The van der Waals surface area contributed by atoms with Crippen molar-refractivity contribution in [3.8, 4) is 5.75 Å². The van der Waals surface area contributed by atoms with Crippen molar-refractivity contribution in [1.82, 2.24) is 5.32 Å². The number of carbonyl (C=O) groups is 1. The molecule has 0 aliphatic rings. The van der Waals surface area contributed by atoms with Crippen LogP contribution < -0.4 is 10.1 Å². The van der Waals surface area contributed by atoms with Crippen molar-refractivity contribution < 1.29 is 22.7 Å². The van der Waals surface area contributed by atoms with Gasteiger partial charge in [-0.3, -0.25) is 4.79 Å². The molecule has 0 heterocycles. The fourth-order valence-electron chi connectivity index (χ4n) is 2.26. The highest BCUT2D eigenvalue weighted by atomic mass is 19.4. The molecule has 0 spiro atoms. The molecule has 0 aliphatic carbocycles. The molecule has 0 aromatic heterocycles. The summed E-state index contributed by atoms with van der Waals surface area (Å²) in [5.41, 5.74) is -0.184. The van der Waals surface area contributed by atoms with Crippen LogP contribution in [0.1, 0.15) is 16.7 Å². The topological polar surface area (TPSA) is 38.3 Å². The zero-order valence-corrected chi connectivity index (χ0v) is 13.1. The zero-order chi connectivity index (χ0) is 17.7. The number of rotatable bonds is 4. The molecular weight excluding hydrogens is 319 g/mol. The van der Waals surface area contributed by atoms with E-state index in [-0.39, 0.29) is 11.1 Å². The Morgan fingerprint density at radius 3 is 2.25 bits per heavy atom. The molecule has 2 aromatic rings. The first kappa shape index (κ1) is 17.6. The van der Waals surface area contributed by atoms with Crippen LogP contribution in [0, 0.1) is 0 Å². The van der Waals surface area contributed by atoms with Gasteiger partial charge in [0.2, 0.25) is 5.91 Å². The second-order valence-electron chi connectivity index (χ2n) is 4.94. The lowest BCUT2D eigenvalue weighted by atomic mass is 9.93. The third kappa shape index (κ3) is 3.95. The third-order valence-electron chi connectivity index (χ3n) is 3.45. The predicted octanol–water partition coefficient (Wildman–Crippen LogP) is 3.89. The van der Waals surface area contributed by atoms with E-state index < -0.39 is 17.6 Å². The summed E-state index contributed by atoms with van der Waals surface area (Å²) < 4.78 is 45.0. The summed E-state index contributed by atoms with van der Waals surface area (Å²) in [6, 6.07) is 11.6. The van der Waals surface area contributed by atoms with Gasteiger partial charge in [-0.15, -0.1) is 0 Å². The maximum absolute atomic E-state index is 13.3. The van der Waals surface area contributed by atoms with Crippen LogP contribution in [0.2, 0.25) is 0 Å². The van der Waals surface area contributed by atoms with Crippen LogP contribution >= 0.6 is 0 Å². The van der Waals surface area contributed by atoms with Crippen LogP contribution in [0.3, 0.4) is 0 Å².